The lowest BCUT2D eigenvalue weighted by Crippen LogP contribution is -2.04. The predicted octanol–water partition coefficient (Wildman–Crippen LogP) is 3.96. The largest absolute Gasteiger partial charge is 0.481 e. The Kier molecular flexibility index (Phi) is 4.34. The zero-order valence-electron chi connectivity index (χ0n) is 8.46. The summed E-state index contributed by atoms with van der Waals surface area (Å²) in [6, 6.07) is 3.19. The molecule has 0 saturated carbocycles. The number of halogens is 4. The summed E-state index contributed by atoms with van der Waals surface area (Å²) in [5.74, 6) is -0.996. The molecular weight excluding hydrogens is 301 g/mol. The van der Waals surface area contributed by atoms with Gasteiger partial charge in [0.2, 0.25) is 0 Å². The van der Waals surface area contributed by atoms with Crippen LogP contribution in [-0.4, -0.2) is 11.1 Å². The first-order valence-corrected chi connectivity index (χ1v) is 5.35. The van der Waals surface area contributed by atoms with E-state index in [0.717, 1.165) is 12.1 Å². The summed E-state index contributed by atoms with van der Waals surface area (Å²) in [6.07, 6.45) is -1.73. The molecule has 1 aromatic carbocycles. The van der Waals surface area contributed by atoms with Crippen LogP contribution >= 0.6 is 15.9 Å². The molecule has 0 fully saturated rings. The molecule has 17 heavy (non-hydrogen) atoms. The quantitative estimate of drug-likeness (QED) is 0.918. The van der Waals surface area contributed by atoms with Gasteiger partial charge < -0.3 is 5.11 Å². The fourth-order valence-electron chi connectivity index (χ4n) is 1.13. The van der Waals surface area contributed by atoms with Gasteiger partial charge in [0, 0.05) is 4.47 Å². The maximum atomic E-state index is 12.3. The van der Waals surface area contributed by atoms with Crippen molar-refractivity contribution in [2.75, 3.05) is 0 Å². The van der Waals surface area contributed by atoms with Crippen LogP contribution in [0.3, 0.4) is 0 Å². The lowest BCUT2D eigenvalue weighted by molar-refractivity contribution is -0.138. The van der Waals surface area contributed by atoms with Crippen LogP contribution in [-0.2, 0) is 11.0 Å². The molecule has 0 aliphatic carbocycles. The van der Waals surface area contributed by atoms with Crippen molar-refractivity contribution in [2.45, 2.75) is 12.6 Å². The Bertz CT molecular complexity index is 453. The van der Waals surface area contributed by atoms with Crippen molar-refractivity contribution < 1.29 is 23.1 Å². The molecule has 0 amide bonds. The van der Waals surface area contributed by atoms with Crippen LogP contribution in [0.2, 0.25) is 0 Å². The third-order valence-corrected chi connectivity index (χ3v) is 2.60. The highest BCUT2D eigenvalue weighted by Gasteiger charge is 2.30. The Morgan fingerprint density at radius 3 is 2.53 bits per heavy atom. The van der Waals surface area contributed by atoms with E-state index in [-0.39, 0.29) is 10.9 Å². The number of hydrogen-bond acceptors (Lipinski definition) is 1. The van der Waals surface area contributed by atoms with E-state index in [4.69, 9.17) is 5.11 Å². The summed E-state index contributed by atoms with van der Waals surface area (Å²) in [4.78, 5) is 10.2. The topological polar surface area (TPSA) is 37.3 Å². The maximum absolute atomic E-state index is 12.3. The van der Waals surface area contributed by atoms with E-state index in [1.807, 2.05) is 0 Å². The van der Waals surface area contributed by atoms with E-state index in [1.165, 1.54) is 18.2 Å². The van der Waals surface area contributed by atoms with Gasteiger partial charge in [-0.1, -0.05) is 34.1 Å². The van der Waals surface area contributed by atoms with Gasteiger partial charge in [0.05, 0.1) is 12.0 Å². The fraction of sp³-hybridized carbons (Fsp3) is 0.182. The third kappa shape index (κ3) is 4.22. The minimum Gasteiger partial charge on any atom is -0.481 e. The van der Waals surface area contributed by atoms with Gasteiger partial charge in [0.25, 0.3) is 0 Å². The molecule has 0 aliphatic heterocycles. The smallest absolute Gasteiger partial charge is 0.416 e. The van der Waals surface area contributed by atoms with E-state index in [0.29, 0.717) is 5.56 Å². The third-order valence-electron chi connectivity index (χ3n) is 1.92. The predicted molar refractivity (Wildman–Crippen MR) is 60.4 cm³/mol. The van der Waals surface area contributed by atoms with Crippen molar-refractivity contribution in [1.29, 1.82) is 0 Å². The van der Waals surface area contributed by atoms with Gasteiger partial charge in [0.1, 0.15) is 0 Å². The van der Waals surface area contributed by atoms with Gasteiger partial charge in [-0.05, 0) is 17.7 Å². The van der Waals surface area contributed by atoms with E-state index in [9.17, 15) is 18.0 Å². The van der Waals surface area contributed by atoms with Crippen molar-refractivity contribution in [1.82, 2.24) is 0 Å². The van der Waals surface area contributed by atoms with Gasteiger partial charge in [0.15, 0.2) is 0 Å². The van der Waals surface area contributed by atoms with Crippen LogP contribution in [0.1, 0.15) is 17.5 Å². The number of aliphatic carboxylic acids is 1. The number of carboxylic acid groups (broad SMARTS) is 1. The van der Waals surface area contributed by atoms with Crippen LogP contribution in [0, 0.1) is 0 Å². The molecule has 0 unspecified atom stereocenters. The van der Waals surface area contributed by atoms with E-state index >= 15 is 0 Å². The summed E-state index contributed by atoms with van der Waals surface area (Å²) in [5.41, 5.74) is -0.251. The highest BCUT2D eigenvalue weighted by atomic mass is 79.9. The fourth-order valence-corrected chi connectivity index (χ4v) is 1.64. The molecule has 2 nitrogen and oxygen atoms in total. The van der Waals surface area contributed by atoms with Gasteiger partial charge in [-0.25, -0.2) is 0 Å². The first-order chi connectivity index (χ1) is 7.80. The van der Waals surface area contributed by atoms with Gasteiger partial charge in [-0.15, -0.1) is 0 Å². The molecule has 0 atom stereocenters. The summed E-state index contributed by atoms with van der Waals surface area (Å²) in [7, 11) is 0. The molecule has 0 radical (unpaired) electrons. The summed E-state index contributed by atoms with van der Waals surface area (Å²) < 4.78 is 37.3. The zero-order chi connectivity index (χ0) is 13.1. The van der Waals surface area contributed by atoms with Gasteiger partial charge >= 0.3 is 12.1 Å². The Labute approximate surface area is 104 Å². The number of alkyl halides is 3. The molecule has 0 aliphatic rings. The summed E-state index contributed by atoms with van der Waals surface area (Å²) in [6.45, 7) is 0. The van der Waals surface area contributed by atoms with Crippen LogP contribution in [0.5, 0.6) is 0 Å². The minimum atomic E-state index is -4.38. The van der Waals surface area contributed by atoms with Crippen molar-refractivity contribution in [3.05, 3.63) is 39.9 Å². The Morgan fingerprint density at radius 1 is 1.41 bits per heavy atom. The second-order valence-corrected chi connectivity index (χ2v) is 4.09. The zero-order valence-corrected chi connectivity index (χ0v) is 10.0. The molecule has 0 spiro atoms. The Morgan fingerprint density at radius 2 is 2.06 bits per heavy atom. The van der Waals surface area contributed by atoms with Crippen LogP contribution < -0.4 is 0 Å². The molecule has 0 bridgehead atoms. The standard InChI is InChI=1S/C11H8BrF3O2/c12-9-6-8(11(13,14)15)5-4-7(9)2-1-3-10(16)17/h1-2,4-6H,3H2,(H,16,17). The molecule has 0 aromatic heterocycles. The molecule has 0 heterocycles. The van der Waals surface area contributed by atoms with E-state index < -0.39 is 17.7 Å². The van der Waals surface area contributed by atoms with Crippen molar-refractivity contribution in [3.63, 3.8) is 0 Å². The van der Waals surface area contributed by atoms with Crippen LogP contribution in [0.25, 0.3) is 6.08 Å². The van der Waals surface area contributed by atoms with Crippen LogP contribution in [0.15, 0.2) is 28.7 Å². The molecule has 6 heteroatoms. The highest BCUT2D eigenvalue weighted by Crippen LogP contribution is 2.32. The number of benzene rings is 1. The molecule has 92 valence electrons. The molecule has 1 N–H and O–H groups in total. The summed E-state index contributed by atoms with van der Waals surface area (Å²) in [5, 5.41) is 8.40. The average molecular weight is 309 g/mol. The first kappa shape index (κ1) is 13.8. The lowest BCUT2D eigenvalue weighted by atomic mass is 10.1. The van der Waals surface area contributed by atoms with Gasteiger partial charge in [-0.3, -0.25) is 4.79 Å². The van der Waals surface area contributed by atoms with Crippen molar-refractivity contribution in [2.24, 2.45) is 0 Å². The van der Waals surface area contributed by atoms with E-state index in [1.54, 1.807) is 0 Å². The normalized spacial score (nSPS) is 12.0. The average Bonchev–Trinajstić information content (AvgIpc) is 2.18. The monoisotopic (exact) mass is 308 g/mol. The van der Waals surface area contributed by atoms with Crippen molar-refractivity contribution >= 4 is 28.0 Å². The van der Waals surface area contributed by atoms with Crippen molar-refractivity contribution in [3.8, 4) is 0 Å². The Balaban J connectivity index is 2.91. The number of rotatable bonds is 3. The molecular formula is C11H8BrF3O2. The molecule has 1 aromatic rings. The highest BCUT2D eigenvalue weighted by molar-refractivity contribution is 9.10. The SMILES string of the molecule is O=C(O)CC=Cc1ccc(C(F)(F)F)cc1Br. The second kappa shape index (κ2) is 5.35. The number of carbonyl (C=O) groups is 1. The number of hydrogen-bond donors (Lipinski definition) is 1. The summed E-state index contributed by atoms with van der Waals surface area (Å²) >= 11 is 3.01. The minimum absolute atomic E-state index is 0.173. The number of carboxylic acids is 1. The first-order valence-electron chi connectivity index (χ1n) is 4.56. The van der Waals surface area contributed by atoms with Gasteiger partial charge in [-0.2, -0.15) is 13.2 Å². The maximum Gasteiger partial charge on any atom is 0.416 e. The molecule has 1 rings (SSSR count). The second-order valence-electron chi connectivity index (χ2n) is 3.23. The van der Waals surface area contributed by atoms with E-state index in [2.05, 4.69) is 15.9 Å². The Hall–Kier alpha value is -1.30. The molecule has 0 saturated heterocycles. The lowest BCUT2D eigenvalue weighted by Gasteiger charge is -2.08. The van der Waals surface area contributed by atoms with Crippen LogP contribution in [0.4, 0.5) is 13.2 Å².